The zero-order valence-electron chi connectivity index (χ0n) is 7.69. The first kappa shape index (κ1) is 8.10. The van der Waals surface area contributed by atoms with E-state index in [0.717, 1.165) is 16.2 Å². The molecule has 1 heterocycles. The van der Waals surface area contributed by atoms with Crippen molar-refractivity contribution in [2.75, 3.05) is 0 Å². The van der Waals surface area contributed by atoms with E-state index < -0.39 is 0 Å². The molecule has 0 N–H and O–H groups in total. The highest BCUT2D eigenvalue weighted by Gasteiger charge is 2.32. The molecule has 3 nitrogen and oxygen atoms in total. The number of fused-ring (bicyclic) bond motifs is 1. The Morgan fingerprint density at radius 1 is 1.38 bits per heavy atom. The van der Waals surface area contributed by atoms with E-state index in [9.17, 15) is 4.91 Å². The van der Waals surface area contributed by atoms with Crippen molar-refractivity contribution in [1.82, 2.24) is 0 Å². The highest BCUT2D eigenvalue weighted by molar-refractivity contribution is 5.91. The summed E-state index contributed by atoms with van der Waals surface area (Å²) in [6.07, 6.45) is 0. The summed E-state index contributed by atoms with van der Waals surface area (Å²) in [6, 6.07) is 7.26. The van der Waals surface area contributed by atoms with Gasteiger partial charge >= 0.3 is 0 Å². The predicted molar refractivity (Wildman–Crippen MR) is 52.0 cm³/mol. The van der Waals surface area contributed by atoms with Crippen LogP contribution in [0.4, 0.5) is 11.4 Å². The number of nitrogens with zero attached hydrogens (tertiary/aromatic N) is 2. The molecule has 1 aliphatic heterocycles. The van der Waals surface area contributed by atoms with Crippen LogP contribution in [0.1, 0.15) is 13.8 Å². The Labute approximate surface area is 76.7 Å². The van der Waals surface area contributed by atoms with Gasteiger partial charge in [-0.3, -0.25) is 0 Å². The Morgan fingerprint density at radius 2 is 2.08 bits per heavy atom. The minimum atomic E-state index is -0.144. The van der Waals surface area contributed by atoms with E-state index in [1.54, 1.807) is 6.07 Å². The molecule has 0 radical (unpaired) electrons. The molecule has 0 saturated carbocycles. The SMILES string of the molecule is CC1=Nc2ccccc2[N+](=O)C1C. The van der Waals surface area contributed by atoms with Crippen molar-refractivity contribution in [2.45, 2.75) is 19.9 Å². The van der Waals surface area contributed by atoms with Gasteiger partial charge in [0.05, 0.1) is 5.71 Å². The van der Waals surface area contributed by atoms with Crippen molar-refractivity contribution < 1.29 is 4.76 Å². The molecule has 1 aliphatic rings. The van der Waals surface area contributed by atoms with Crippen LogP contribution in [0, 0.1) is 4.91 Å². The third kappa shape index (κ3) is 1.16. The second-order valence-electron chi connectivity index (χ2n) is 3.24. The average molecular weight is 175 g/mol. The Morgan fingerprint density at radius 3 is 2.85 bits per heavy atom. The summed E-state index contributed by atoms with van der Waals surface area (Å²) in [5.74, 6) is 0. The summed E-state index contributed by atoms with van der Waals surface area (Å²) in [4.78, 5) is 16.0. The molecular formula is C10H11N2O+. The fourth-order valence-corrected chi connectivity index (χ4v) is 1.41. The maximum absolute atomic E-state index is 11.7. The lowest BCUT2D eigenvalue weighted by atomic mass is 10.1. The second kappa shape index (κ2) is 2.76. The highest BCUT2D eigenvalue weighted by Crippen LogP contribution is 2.32. The fraction of sp³-hybridized carbons (Fsp3) is 0.300. The van der Waals surface area contributed by atoms with Gasteiger partial charge in [0.25, 0.3) is 5.69 Å². The van der Waals surface area contributed by atoms with Gasteiger partial charge in [0.15, 0.2) is 0 Å². The predicted octanol–water partition coefficient (Wildman–Crippen LogP) is 2.59. The summed E-state index contributed by atoms with van der Waals surface area (Å²) >= 11 is 0. The van der Waals surface area contributed by atoms with Crippen molar-refractivity contribution >= 4 is 17.1 Å². The lowest BCUT2D eigenvalue weighted by molar-refractivity contribution is -0.482. The zero-order chi connectivity index (χ0) is 9.42. The molecule has 1 unspecified atom stereocenters. The van der Waals surface area contributed by atoms with Crippen molar-refractivity contribution in [3.63, 3.8) is 0 Å². The summed E-state index contributed by atoms with van der Waals surface area (Å²) in [6.45, 7) is 3.74. The van der Waals surface area contributed by atoms with Crippen LogP contribution in [0.15, 0.2) is 29.3 Å². The van der Waals surface area contributed by atoms with Crippen LogP contribution in [0.2, 0.25) is 0 Å². The van der Waals surface area contributed by atoms with Gasteiger partial charge in [-0.25, -0.2) is 4.99 Å². The zero-order valence-corrected chi connectivity index (χ0v) is 7.69. The van der Waals surface area contributed by atoms with Crippen LogP contribution < -0.4 is 0 Å². The van der Waals surface area contributed by atoms with Crippen LogP contribution in [0.3, 0.4) is 0 Å². The largest absolute Gasteiger partial charge is 0.282 e. The van der Waals surface area contributed by atoms with E-state index in [-0.39, 0.29) is 6.04 Å². The molecule has 2 rings (SSSR count). The number of para-hydroxylation sites is 2. The van der Waals surface area contributed by atoms with Gasteiger partial charge in [-0.15, -0.1) is 0 Å². The van der Waals surface area contributed by atoms with E-state index in [1.165, 1.54) is 0 Å². The first-order valence-electron chi connectivity index (χ1n) is 4.30. The summed E-state index contributed by atoms with van der Waals surface area (Å²) < 4.78 is 1.01. The Hall–Kier alpha value is -1.51. The van der Waals surface area contributed by atoms with Gasteiger partial charge in [0.1, 0.15) is 5.69 Å². The molecule has 1 aromatic rings. The monoisotopic (exact) mass is 175 g/mol. The van der Waals surface area contributed by atoms with E-state index >= 15 is 0 Å². The Balaban J connectivity index is 2.63. The van der Waals surface area contributed by atoms with Gasteiger partial charge in [0.2, 0.25) is 6.04 Å². The average Bonchev–Trinajstić information content (AvgIpc) is 2.15. The number of hydrogen-bond acceptors (Lipinski definition) is 2. The molecule has 0 fully saturated rings. The molecule has 0 aromatic heterocycles. The highest BCUT2D eigenvalue weighted by atomic mass is 16.3. The summed E-state index contributed by atoms with van der Waals surface area (Å²) in [5.41, 5.74) is 2.31. The number of benzene rings is 1. The number of rotatable bonds is 0. The smallest absolute Gasteiger partial charge is 0.244 e. The minimum Gasteiger partial charge on any atom is -0.244 e. The van der Waals surface area contributed by atoms with Gasteiger partial charge < -0.3 is 0 Å². The van der Waals surface area contributed by atoms with Crippen molar-refractivity contribution in [1.29, 1.82) is 0 Å². The van der Waals surface area contributed by atoms with Crippen LogP contribution in [0.25, 0.3) is 0 Å². The van der Waals surface area contributed by atoms with E-state index in [2.05, 4.69) is 4.99 Å². The standard InChI is InChI=1S/C10H11N2O/c1-7-8(2)12(13)10-6-4-3-5-9(10)11-7/h3-6,8H,1-2H3/q+1. The van der Waals surface area contributed by atoms with Crippen LogP contribution in [-0.4, -0.2) is 16.5 Å². The summed E-state index contributed by atoms with van der Waals surface area (Å²) in [7, 11) is 0. The molecule has 0 amide bonds. The molecule has 0 saturated heterocycles. The van der Waals surface area contributed by atoms with Crippen LogP contribution in [0.5, 0.6) is 0 Å². The molecule has 66 valence electrons. The maximum Gasteiger partial charge on any atom is 0.282 e. The lowest BCUT2D eigenvalue weighted by Gasteiger charge is -2.10. The molecule has 13 heavy (non-hydrogen) atoms. The van der Waals surface area contributed by atoms with Gasteiger partial charge in [-0.05, 0) is 13.0 Å². The third-order valence-electron chi connectivity index (χ3n) is 2.37. The van der Waals surface area contributed by atoms with Crippen LogP contribution >= 0.6 is 0 Å². The van der Waals surface area contributed by atoms with E-state index in [4.69, 9.17) is 0 Å². The number of aliphatic imine (C=N–C) groups is 1. The second-order valence-corrected chi connectivity index (χ2v) is 3.24. The fourth-order valence-electron chi connectivity index (χ4n) is 1.41. The van der Waals surface area contributed by atoms with E-state index in [0.29, 0.717) is 5.69 Å². The maximum atomic E-state index is 11.7. The first-order chi connectivity index (χ1) is 6.20. The Bertz CT molecular complexity index is 396. The van der Waals surface area contributed by atoms with Gasteiger partial charge in [0, 0.05) is 22.7 Å². The molecule has 3 heteroatoms. The van der Waals surface area contributed by atoms with Crippen LogP contribution in [-0.2, 0) is 0 Å². The normalized spacial score (nSPS) is 20.9. The minimum absolute atomic E-state index is 0.144. The topological polar surface area (TPSA) is 32.4 Å². The lowest BCUT2D eigenvalue weighted by Crippen LogP contribution is -2.27. The number of nitroso groups, excluding NO2 is 1. The van der Waals surface area contributed by atoms with Gasteiger partial charge in [-0.1, -0.05) is 12.1 Å². The van der Waals surface area contributed by atoms with Crippen molar-refractivity contribution in [3.05, 3.63) is 29.2 Å². The molecular weight excluding hydrogens is 164 g/mol. The van der Waals surface area contributed by atoms with Crippen molar-refractivity contribution in [2.24, 2.45) is 4.99 Å². The molecule has 0 spiro atoms. The first-order valence-corrected chi connectivity index (χ1v) is 4.30. The summed E-state index contributed by atoms with van der Waals surface area (Å²) in [5, 5.41) is 0. The Kier molecular flexibility index (Phi) is 1.72. The van der Waals surface area contributed by atoms with Crippen molar-refractivity contribution in [3.8, 4) is 0 Å². The molecule has 1 aromatic carbocycles. The number of hydrogen-bond donors (Lipinski definition) is 0. The molecule has 0 aliphatic carbocycles. The molecule has 0 bridgehead atoms. The van der Waals surface area contributed by atoms with Gasteiger partial charge in [-0.2, -0.15) is 0 Å². The van der Waals surface area contributed by atoms with E-state index in [1.807, 2.05) is 32.0 Å². The quantitative estimate of drug-likeness (QED) is 0.558. The third-order valence-corrected chi connectivity index (χ3v) is 2.37. The molecule has 1 atom stereocenters.